The van der Waals surface area contributed by atoms with Crippen LogP contribution in [0.5, 0.6) is 5.75 Å². The van der Waals surface area contributed by atoms with Crippen molar-refractivity contribution in [3.05, 3.63) is 29.8 Å². The summed E-state index contributed by atoms with van der Waals surface area (Å²) in [6.07, 6.45) is -2.26. The molecule has 2 saturated carbocycles. The van der Waals surface area contributed by atoms with Crippen LogP contribution in [0.3, 0.4) is 0 Å². The van der Waals surface area contributed by atoms with Crippen molar-refractivity contribution in [2.75, 3.05) is 0 Å². The maximum Gasteiger partial charge on any atom is 0.351 e. The lowest BCUT2D eigenvalue weighted by atomic mass is 9.66. The highest BCUT2D eigenvalue weighted by atomic mass is 16.7. The number of rotatable bonds is 4. The summed E-state index contributed by atoms with van der Waals surface area (Å²) < 4.78 is 36.3. The number of esters is 5. The van der Waals surface area contributed by atoms with E-state index in [0.29, 0.717) is 24.2 Å². The number of hydrogen-bond donors (Lipinski definition) is 0. The standard InChI is InChI=1S/C34H40O11/c1-28(2)22(42-27(39)34-16-14-32(8,25(37)45-34)30(34,5)6)21(19-20(43-28)17-11-9-10-12-18(17)40-23(19)35)41-26(38)33-15-13-31(7,24(36)44-33)29(33,3)4/h9-12,19-22H,13-16H2,1-8H3/t19?,20?,21-,22-,31+,32+,33-,34-/m1/s1. The van der Waals surface area contributed by atoms with Crippen molar-refractivity contribution in [2.45, 2.75) is 116 Å². The summed E-state index contributed by atoms with van der Waals surface area (Å²) in [5.74, 6) is -4.20. The van der Waals surface area contributed by atoms with Crippen LogP contribution in [0, 0.1) is 27.6 Å². The third kappa shape index (κ3) is 3.32. The molecule has 3 saturated heterocycles. The monoisotopic (exact) mass is 624 g/mol. The van der Waals surface area contributed by atoms with Gasteiger partial charge >= 0.3 is 29.8 Å². The smallest absolute Gasteiger partial charge is 0.351 e. The van der Waals surface area contributed by atoms with Crippen LogP contribution in [0.2, 0.25) is 0 Å². The summed E-state index contributed by atoms with van der Waals surface area (Å²) >= 11 is 0. The molecule has 7 rings (SSSR count). The first-order chi connectivity index (χ1) is 20.8. The van der Waals surface area contributed by atoms with Crippen molar-refractivity contribution >= 4 is 29.8 Å². The van der Waals surface area contributed by atoms with Gasteiger partial charge in [0, 0.05) is 16.4 Å². The minimum Gasteiger partial charge on any atom is -0.454 e. The van der Waals surface area contributed by atoms with Crippen LogP contribution >= 0.6 is 0 Å². The van der Waals surface area contributed by atoms with E-state index in [4.69, 9.17) is 28.4 Å². The van der Waals surface area contributed by atoms with Gasteiger partial charge in [0.2, 0.25) is 11.2 Å². The molecule has 4 heterocycles. The third-order valence-electron chi connectivity index (χ3n) is 13.1. The highest BCUT2D eigenvalue weighted by molar-refractivity contribution is 5.95. The number of fused-ring (bicyclic) bond motifs is 7. The van der Waals surface area contributed by atoms with Gasteiger partial charge < -0.3 is 28.4 Å². The second-order valence-corrected chi connectivity index (χ2v) is 15.7. The number of ether oxygens (including phenoxy) is 6. The average Bonchev–Trinajstić information content (AvgIpc) is 3.42. The quantitative estimate of drug-likeness (QED) is 0.271. The lowest BCUT2D eigenvalue weighted by Gasteiger charge is -2.51. The number of para-hydroxylation sites is 1. The van der Waals surface area contributed by atoms with E-state index in [-0.39, 0.29) is 12.8 Å². The summed E-state index contributed by atoms with van der Waals surface area (Å²) in [6.45, 7) is 14.2. The highest BCUT2D eigenvalue weighted by Crippen LogP contribution is 2.67. The number of carbonyl (C=O) groups excluding carboxylic acids is 5. The molecule has 45 heavy (non-hydrogen) atoms. The molecule has 0 N–H and O–H groups in total. The summed E-state index contributed by atoms with van der Waals surface area (Å²) in [6, 6.07) is 6.93. The molecule has 0 spiro atoms. The van der Waals surface area contributed by atoms with Gasteiger partial charge in [-0.1, -0.05) is 45.9 Å². The van der Waals surface area contributed by atoms with E-state index in [0.717, 1.165) is 0 Å². The minimum absolute atomic E-state index is 0.241. The molecule has 0 radical (unpaired) electrons. The SMILES string of the molecule is CC1(C)OC2c3ccccc3OC(=O)C2[C@@H](OC(=O)[C@@]23CC[C@@](C)(C(=O)O2)C3(C)C)[C@H]1OC(=O)[C@@]12CC[C@@](C)(C(=O)O1)C2(C)C. The summed E-state index contributed by atoms with van der Waals surface area (Å²) in [5, 5.41) is 0. The lowest BCUT2D eigenvalue weighted by molar-refractivity contribution is -0.269. The van der Waals surface area contributed by atoms with Crippen molar-refractivity contribution < 1.29 is 52.4 Å². The van der Waals surface area contributed by atoms with Crippen molar-refractivity contribution in [1.82, 2.24) is 0 Å². The van der Waals surface area contributed by atoms with Gasteiger partial charge in [0.1, 0.15) is 23.4 Å². The molecule has 8 atom stereocenters. The zero-order chi connectivity index (χ0) is 32.8. The zero-order valence-electron chi connectivity index (χ0n) is 26.9. The maximum atomic E-state index is 14.3. The second-order valence-electron chi connectivity index (χ2n) is 15.7. The van der Waals surface area contributed by atoms with Gasteiger partial charge in [0.15, 0.2) is 12.2 Å². The maximum absolute atomic E-state index is 14.3. The molecule has 11 nitrogen and oxygen atoms in total. The fourth-order valence-corrected chi connectivity index (χ4v) is 8.90. The van der Waals surface area contributed by atoms with Crippen LogP contribution in [0.4, 0.5) is 0 Å². The van der Waals surface area contributed by atoms with Gasteiger partial charge in [-0.2, -0.15) is 0 Å². The van der Waals surface area contributed by atoms with E-state index in [1.807, 2.05) is 13.8 Å². The number of benzene rings is 1. The first-order valence-corrected chi connectivity index (χ1v) is 15.7. The Kier molecular flexibility index (Phi) is 5.81. The van der Waals surface area contributed by atoms with Crippen molar-refractivity contribution in [3.63, 3.8) is 0 Å². The lowest BCUT2D eigenvalue weighted by Crippen LogP contribution is -2.65. The van der Waals surface area contributed by atoms with Gasteiger partial charge in [-0.15, -0.1) is 0 Å². The molecule has 2 aliphatic carbocycles. The van der Waals surface area contributed by atoms with Gasteiger partial charge in [-0.25, -0.2) is 9.59 Å². The Morgan fingerprint density at radius 2 is 1.24 bits per heavy atom. The molecule has 1 aromatic rings. The minimum atomic E-state index is -1.60. The van der Waals surface area contributed by atoms with Crippen LogP contribution in [-0.4, -0.2) is 58.9 Å². The average molecular weight is 625 g/mol. The first kappa shape index (κ1) is 30.2. The molecule has 4 aliphatic heterocycles. The fourth-order valence-electron chi connectivity index (χ4n) is 8.90. The van der Waals surface area contributed by atoms with Crippen molar-refractivity contribution in [2.24, 2.45) is 27.6 Å². The summed E-state index contributed by atoms with van der Waals surface area (Å²) in [5.41, 5.74) is -7.51. The van der Waals surface area contributed by atoms with Gasteiger partial charge in [-0.3, -0.25) is 14.4 Å². The van der Waals surface area contributed by atoms with Crippen LogP contribution in [0.25, 0.3) is 0 Å². The normalized spacial score (nSPS) is 42.6. The van der Waals surface area contributed by atoms with E-state index in [1.54, 1.807) is 65.8 Å². The Bertz CT molecular complexity index is 1570. The molecule has 0 amide bonds. The molecule has 4 bridgehead atoms. The molecule has 2 unspecified atom stereocenters. The first-order valence-electron chi connectivity index (χ1n) is 15.7. The molecule has 11 heteroatoms. The molecule has 242 valence electrons. The number of carbonyl (C=O) groups is 5. The predicted octanol–water partition coefficient (Wildman–Crippen LogP) is 4.14. The zero-order valence-corrected chi connectivity index (χ0v) is 26.9. The Morgan fingerprint density at radius 3 is 1.73 bits per heavy atom. The van der Waals surface area contributed by atoms with Crippen molar-refractivity contribution in [1.29, 1.82) is 0 Å². The Morgan fingerprint density at radius 1 is 0.733 bits per heavy atom. The molecule has 6 aliphatic rings. The molecular formula is C34H40O11. The molecular weight excluding hydrogens is 584 g/mol. The third-order valence-corrected chi connectivity index (χ3v) is 13.1. The Labute approximate surface area is 261 Å². The topological polar surface area (TPSA) is 141 Å². The van der Waals surface area contributed by atoms with Gasteiger partial charge in [-0.05, 0) is 59.4 Å². The van der Waals surface area contributed by atoms with E-state index in [9.17, 15) is 24.0 Å². The van der Waals surface area contributed by atoms with E-state index < -0.39 is 92.5 Å². The van der Waals surface area contributed by atoms with Crippen LogP contribution in [0.1, 0.15) is 92.7 Å². The molecule has 1 aromatic carbocycles. The van der Waals surface area contributed by atoms with Crippen molar-refractivity contribution in [3.8, 4) is 5.75 Å². The van der Waals surface area contributed by atoms with Gasteiger partial charge in [0.25, 0.3) is 0 Å². The molecule has 0 aromatic heterocycles. The summed E-state index contributed by atoms with van der Waals surface area (Å²) in [4.78, 5) is 68.3. The predicted molar refractivity (Wildman–Crippen MR) is 153 cm³/mol. The highest BCUT2D eigenvalue weighted by Gasteiger charge is 2.78. The van der Waals surface area contributed by atoms with E-state index in [1.165, 1.54) is 0 Å². The number of hydrogen-bond acceptors (Lipinski definition) is 11. The molecule has 5 fully saturated rings. The Balaban J connectivity index is 1.30. The summed E-state index contributed by atoms with van der Waals surface area (Å²) in [7, 11) is 0. The second kappa shape index (κ2) is 8.66. The Hall–Kier alpha value is -3.47. The van der Waals surface area contributed by atoms with Gasteiger partial charge in [0.05, 0.1) is 10.8 Å². The van der Waals surface area contributed by atoms with Crippen LogP contribution in [-0.2, 0) is 47.7 Å². The van der Waals surface area contributed by atoms with E-state index >= 15 is 0 Å². The van der Waals surface area contributed by atoms with Crippen LogP contribution in [0.15, 0.2) is 24.3 Å². The largest absolute Gasteiger partial charge is 0.454 e. The fraction of sp³-hybridized carbons (Fsp3) is 0.676. The van der Waals surface area contributed by atoms with E-state index in [2.05, 4.69) is 0 Å². The van der Waals surface area contributed by atoms with Crippen LogP contribution < -0.4 is 4.74 Å².